The maximum Gasteiger partial charge on any atom is 0.244 e. The summed E-state index contributed by atoms with van der Waals surface area (Å²) in [4.78, 5) is 35.8. The van der Waals surface area contributed by atoms with Crippen LogP contribution < -0.4 is 11.1 Å². The van der Waals surface area contributed by atoms with Crippen LogP contribution in [0.4, 0.5) is 0 Å². The third kappa shape index (κ3) is 8.90. The molecule has 2 amide bonds. The second-order valence-corrected chi connectivity index (χ2v) is 7.75. The van der Waals surface area contributed by atoms with Crippen LogP contribution in [0.3, 0.4) is 0 Å². The average molecular weight is 381 g/mol. The van der Waals surface area contributed by atoms with Crippen molar-refractivity contribution in [3.05, 3.63) is 48.6 Å². The number of amides is 2. The highest BCUT2D eigenvalue weighted by Gasteiger charge is 2.24. The number of rotatable bonds is 10. The van der Waals surface area contributed by atoms with E-state index in [2.05, 4.69) is 11.9 Å². The van der Waals surface area contributed by atoms with Gasteiger partial charge in [-0.05, 0) is 12.0 Å². The highest BCUT2D eigenvalue weighted by Crippen LogP contribution is 2.16. The molecule has 0 bridgehead atoms. The van der Waals surface area contributed by atoms with E-state index >= 15 is 0 Å². The summed E-state index contributed by atoms with van der Waals surface area (Å²) in [5.74, 6) is 0.0638. The highest BCUT2D eigenvalue weighted by atomic mass is 32.2. The fraction of sp³-hybridized carbons (Fsp3) is 0.389. The molecule has 3 N–H and O–H groups in total. The van der Waals surface area contributed by atoms with Gasteiger partial charge in [0.15, 0.2) is 5.12 Å². The second kappa shape index (κ2) is 11.9. The normalized spacial score (nSPS) is 12.9. The Kier molecular flexibility index (Phi) is 10.2. The van der Waals surface area contributed by atoms with Gasteiger partial charge in [-0.3, -0.25) is 19.7 Å². The number of hydrogen-bond donors (Lipinski definition) is 2. The monoisotopic (exact) mass is 380 g/mol. The van der Waals surface area contributed by atoms with E-state index in [0.29, 0.717) is 23.7 Å². The standard InChI is InChI=1S/C18H24N2O3S2/c1-3-9-24-12-16(19)18(23)20-17(22)15(11-25-13(2)21)10-14-7-5-4-6-8-14/h3-8,15-16H,1,9-12,19H2,2H3,(H,20,22,23)/t15-,16-/m0/s1. The molecule has 0 heterocycles. The Morgan fingerprint density at radius 1 is 1.20 bits per heavy atom. The summed E-state index contributed by atoms with van der Waals surface area (Å²) in [6, 6.07) is 8.75. The van der Waals surface area contributed by atoms with E-state index in [0.717, 1.165) is 17.3 Å². The van der Waals surface area contributed by atoms with Gasteiger partial charge in [-0.1, -0.05) is 48.2 Å². The average Bonchev–Trinajstić information content (AvgIpc) is 2.59. The van der Waals surface area contributed by atoms with Crippen LogP contribution in [0.25, 0.3) is 0 Å². The van der Waals surface area contributed by atoms with E-state index in [1.54, 1.807) is 6.08 Å². The van der Waals surface area contributed by atoms with Gasteiger partial charge in [0.2, 0.25) is 11.8 Å². The largest absolute Gasteiger partial charge is 0.319 e. The van der Waals surface area contributed by atoms with Gasteiger partial charge in [0.05, 0.1) is 12.0 Å². The zero-order chi connectivity index (χ0) is 18.7. The number of thioether (sulfide) groups is 2. The lowest BCUT2D eigenvalue weighted by molar-refractivity contribution is -0.132. The molecule has 0 unspecified atom stereocenters. The smallest absolute Gasteiger partial charge is 0.244 e. The Morgan fingerprint density at radius 2 is 1.88 bits per heavy atom. The van der Waals surface area contributed by atoms with Crippen LogP contribution in [0, 0.1) is 5.92 Å². The summed E-state index contributed by atoms with van der Waals surface area (Å²) in [5.41, 5.74) is 6.78. The Bertz CT molecular complexity index is 593. The van der Waals surface area contributed by atoms with Crippen LogP contribution in [-0.4, -0.2) is 40.2 Å². The van der Waals surface area contributed by atoms with Crippen molar-refractivity contribution in [3.63, 3.8) is 0 Å². The molecule has 5 nitrogen and oxygen atoms in total. The Morgan fingerprint density at radius 3 is 2.48 bits per heavy atom. The lowest BCUT2D eigenvalue weighted by atomic mass is 10.00. The summed E-state index contributed by atoms with van der Waals surface area (Å²) in [6.45, 7) is 5.06. The van der Waals surface area contributed by atoms with E-state index in [1.165, 1.54) is 18.7 Å². The molecule has 1 rings (SSSR count). The molecule has 0 radical (unpaired) electrons. The highest BCUT2D eigenvalue weighted by molar-refractivity contribution is 8.13. The molecule has 7 heteroatoms. The van der Waals surface area contributed by atoms with Crippen molar-refractivity contribution in [2.45, 2.75) is 19.4 Å². The van der Waals surface area contributed by atoms with Crippen molar-refractivity contribution in [2.24, 2.45) is 11.7 Å². The van der Waals surface area contributed by atoms with Gasteiger partial charge >= 0.3 is 0 Å². The number of imide groups is 1. The first kappa shape index (κ1) is 21.5. The molecule has 0 aliphatic heterocycles. The molecular weight excluding hydrogens is 356 g/mol. The molecule has 136 valence electrons. The summed E-state index contributed by atoms with van der Waals surface area (Å²) in [6.07, 6.45) is 2.19. The van der Waals surface area contributed by atoms with Gasteiger partial charge in [0, 0.05) is 24.2 Å². The summed E-state index contributed by atoms with van der Waals surface area (Å²) >= 11 is 2.56. The molecule has 25 heavy (non-hydrogen) atoms. The van der Waals surface area contributed by atoms with Crippen LogP contribution in [0.1, 0.15) is 12.5 Å². The molecular formula is C18H24N2O3S2. The topological polar surface area (TPSA) is 89.3 Å². The van der Waals surface area contributed by atoms with Crippen molar-refractivity contribution >= 4 is 40.5 Å². The van der Waals surface area contributed by atoms with E-state index in [1.807, 2.05) is 30.3 Å². The molecule has 2 atom stereocenters. The molecule has 0 aliphatic carbocycles. The molecule has 1 aromatic carbocycles. The maximum absolute atomic E-state index is 12.5. The first-order chi connectivity index (χ1) is 11.9. The van der Waals surface area contributed by atoms with Gasteiger partial charge in [-0.25, -0.2) is 0 Å². The van der Waals surface area contributed by atoms with Crippen molar-refractivity contribution in [1.82, 2.24) is 5.32 Å². The zero-order valence-electron chi connectivity index (χ0n) is 14.3. The Balaban J connectivity index is 2.65. The van der Waals surface area contributed by atoms with Gasteiger partial charge < -0.3 is 5.73 Å². The van der Waals surface area contributed by atoms with Crippen LogP contribution in [0.2, 0.25) is 0 Å². The van der Waals surface area contributed by atoms with Gasteiger partial charge in [0.25, 0.3) is 0 Å². The summed E-state index contributed by atoms with van der Waals surface area (Å²) < 4.78 is 0. The first-order valence-electron chi connectivity index (χ1n) is 7.90. The summed E-state index contributed by atoms with van der Waals surface area (Å²) in [7, 11) is 0. The molecule has 0 spiro atoms. The van der Waals surface area contributed by atoms with Gasteiger partial charge in [-0.15, -0.1) is 6.58 Å². The number of nitrogens with two attached hydrogens (primary N) is 1. The number of carbonyl (C=O) groups excluding carboxylic acids is 3. The van der Waals surface area contributed by atoms with E-state index < -0.39 is 23.8 Å². The molecule has 0 saturated heterocycles. The predicted octanol–water partition coefficient (Wildman–Crippen LogP) is 2.01. The van der Waals surface area contributed by atoms with Crippen molar-refractivity contribution < 1.29 is 14.4 Å². The van der Waals surface area contributed by atoms with Gasteiger partial charge in [-0.2, -0.15) is 11.8 Å². The number of benzene rings is 1. The molecule has 0 saturated carbocycles. The molecule has 1 aromatic rings. The fourth-order valence-electron chi connectivity index (χ4n) is 2.01. The van der Waals surface area contributed by atoms with Crippen LogP contribution in [-0.2, 0) is 20.8 Å². The van der Waals surface area contributed by atoms with Crippen LogP contribution in [0.5, 0.6) is 0 Å². The van der Waals surface area contributed by atoms with E-state index in [-0.39, 0.29) is 5.12 Å². The molecule has 0 fully saturated rings. The summed E-state index contributed by atoms with van der Waals surface area (Å²) in [5, 5.41) is 2.32. The van der Waals surface area contributed by atoms with Gasteiger partial charge in [0.1, 0.15) is 0 Å². The van der Waals surface area contributed by atoms with E-state index in [9.17, 15) is 14.4 Å². The molecule has 0 aliphatic rings. The fourth-order valence-corrected chi connectivity index (χ4v) is 3.43. The van der Waals surface area contributed by atoms with Crippen LogP contribution >= 0.6 is 23.5 Å². The number of hydrogen-bond acceptors (Lipinski definition) is 6. The minimum absolute atomic E-state index is 0.0604. The first-order valence-corrected chi connectivity index (χ1v) is 10.0. The lowest BCUT2D eigenvalue weighted by Crippen LogP contribution is -2.47. The minimum Gasteiger partial charge on any atom is -0.319 e. The Hall–Kier alpha value is -1.57. The zero-order valence-corrected chi connectivity index (χ0v) is 15.9. The van der Waals surface area contributed by atoms with Crippen LogP contribution in [0.15, 0.2) is 43.0 Å². The maximum atomic E-state index is 12.5. The van der Waals surface area contributed by atoms with Crippen molar-refractivity contribution in [3.8, 4) is 0 Å². The quantitative estimate of drug-likeness (QED) is 0.477. The third-order valence-corrected chi connectivity index (χ3v) is 5.34. The number of carbonyl (C=O) groups is 3. The lowest BCUT2D eigenvalue weighted by Gasteiger charge is -2.17. The third-order valence-electron chi connectivity index (χ3n) is 3.30. The Labute approximate surface area is 157 Å². The molecule has 0 aromatic heterocycles. The second-order valence-electron chi connectivity index (χ2n) is 5.48. The van der Waals surface area contributed by atoms with E-state index in [4.69, 9.17) is 5.73 Å². The van der Waals surface area contributed by atoms with Crippen molar-refractivity contribution in [2.75, 3.05) is 17.3 Å². The van der Waals surface area contributed by atoms with Crippen molar-refractivity contribution in [1.29, 1.82) is 0 Å². The SMILES string of the molecule is C=CCSC[C@H](N)C(=O)NC(=O)[C@H](CSC(C)=O)Cc1ccccc1. The minimum atomic E-state index is -0.758. The number of nitrogens with one attached hydrogen (secondary N) is 1. The predicted molar refractivity (Wildman–Crippen MR) is 105 cm³/mol.